The van der Waals surface area contributed by atoms with Gasteiger partial charge in [0.1, 0.15) is 17.2 Å². The maximum absolute atomic E-state index is 11.5. The topological polar surface area (TPSA) is 77.0 Å². The van der Waals surface area contributed by atoms with Gasteiger partial charge in [-0.15, -0.1) is 0 Å². The van der Waals surface area contributed by atoms with E-state index in [9.17, 15) is 9.90 Å². The third kappa shape index (κ3) is 4.28. The summed E-state index contributed by atoms with van der Waals surface area (Å²) in [4.78, 5) is 11.5. The van der Waals surface area contributed by atoms with Crippen molar-refractivity contribution in [1.29, 1.82) is 0 Å². The van der Waals surface area contributed by atoms with Crippen molar-refractivity contribution >= 4 is 5.97 Å². The molecule has 0 aliphatic heterocycles. The van der Waals surface area contributed by atoms with Crippen LogP contribution >= 0.6 is 0 Å². The predicted molar refractivity (Wildman–Crippen MR) is 88.5 cm³/mol. The zero-order chi connectivity index (χ0) is 17.5. The van der Waals surface area contributed by atoms with Gasteiger partial charge in [-0.25, -0.2) is 0 Å². The largest absolute Gasteiger partial charge is 0.496 e. The maximum Gasteiger partial charge on any atom is 0.310 e. The number of benzene rings is 1. The maximum atomic E-state index is 11.5. The summed E-state index contributed by atoms with van der Waals surface area (Å²) in [5.41, 5.74) is 0.0785. The Kier molecular flexibility index (Phi) is 7.16. The highest BCUT2D eigenvalue weighted by molar-refractivity contribution is 5.74. The standard InChI is InChI=1S/C17H27NO5/c1-6-17(7-2,16(19)20)11-18-10-13-14(22-4)8-12(21-3)9-15(13)23-5/h8-9,18H,6-7,10-11H2,1-5H3,(H,19,20). The van der Waals surface area contributed by atoms with Crippen molar-refractivity contribution in [2.75, 3.05) is 27.9 Å². The first kappa shape index (κ1) is 19.1. The number of carboxylic acid groups (broad SMARTS) is 1. The lowest BCUT2D eigenvalue weighted by atomic mass is 9.82. The molecule has 0 atom stereocenters. The Morgan fingerprint density at radius 1 is 1.09 bits per heavy atom. The molecule has 23 heavy (non-hydrogen) atoms. The van der Waals surface area contributed by atoms with Crippen molar-refractivity contribution in [3.05, 3.63) is 17.7 Å². The summed E-state index contributed by atoms with van der Waals surface area (Å²) < 4.78 is 16.0. The van der Waals surface area contributed by atoms with Crippen LogP contribution in [0.2, 0.25) is 0 Å². The molecule has 0 saturated carbocycles. The average molecular weight is 325 g/mol. The zero-order valence-electron chi connectivity index (χ0n) is 14.6. The summed E-state index contributed by atoms with van der Waals surface area (Å²) in [7, 11) is 4.74. The first-order valence-electron chi connectivity index (χ1n) is 7.71. The molecule has 0 saturated heterocycles. The SMILES string of the molecule is CCC(CC)(CNCc1c(OC)cc(OC)cc1OC)C(=O)O. The zero-order valence-corrected chi connectivity index (χ0v) is 14.6. The highest BCUT2D eigenvalue weighted by Gasteiger charge is 2.34. The number of carbonyl (C=O) groups is 1. The third-order valence-electron chi connectivity index (χ3n) is 4.39. The Hall–Kier alpha value is -1.95. The van der Waals surface area contributed by atoms with Crippen molar-refractivity contribution in [3.63, 3.8) is 0 Å². The Morgan fingerprint density at radius 2 is 1.61 bits per heavy atom. The number of rotatable bonds is 10. The highest BCUT2D eigenvalue weighted by atomic mass is 16.5. The number of methoxy groups -OCH3 is 3. The molecule has 130 valence electrons. The van der Waals surface area contributed by atoms with Gasteiger partial charge in [0, 0.05) is 25.2 Å². The molecule has 2 N–H and O–H groups in total. The van der Waals surface area contributed by atoms with E-state index in [1.807, 2.05) is 13.8 Å². The molecule has 6 nitrogen and oxygen atoms in total. The van der Waals surface area contributed by atoms with E-state index >= 15 is 0 Å². The molecule has 0 amide bonds. The van der Waals surface area contributed by atoms with E-state index in [1.165, 1.54) is 0 Å². The van der Waals surface area contributed by atoms with E-state index < -0.39 is 11.4 Å². The Labute approximate surface area is 137 Å². The minimum absolute atomic E-state index is 0.383. The molecule has 0 aliphatic rings. The summed E-state index contributed by atoms with van der Waals surface area (Å²) in [5.74, 6) is 1.15. The quantitative estimate of drug-likeness (QED) is 0.689. The van der Waals surface area contributed by atoms with Gasteiger partial charge in [-0.05, 0) is 12.8 Å². The second-order valence-electron chi connectivity index (χ2n) is 5.41. The van der Waals surface area contributed by atoms with E-state index in [2.05, 4.69) is 5.32 Å². The first-order chi connectivity index (χ1) is 11.0. The van der Waals surface area contributed by atoms with Crippen molar-refractivity contribution in [3.8, 4) is 17.2 Å². The van der Waals surface area contributed by atoms with Gasteiger partial charge in [-0.3, -0.25) is 4.79 Å². The van der Waals surface area contributed by atoms with Crippen LogP contribution in [0.3, 0.4) is 0 Å². The van der Waals surface area contributed by atoms with E-state index in [-0.39, 0.29) is 0 Å². The highest BCUT2D eigenvalue weighted by Crippen LogP contribution is 2.34. The van der Waals surface area contributed by atoms with E-state index in [4.69, 9.17) is 14.2 Å². The van der Waals surface area contributed by atoms with Crippen LogP contribution < -0.4 is 19.5 Å². The van der Waals surface area contributed by atoms with Crippen molar-refractivity contribution in [1.82, 2.24) is 5.32 Å². The van der Waals surface area contributed by atoms with Crippen LogP contribution in [0.1, 0.15) is 32.3 Å². The molecule has 0 aliphatic carbocycles. The van der Waals surface area contributed by atoms with Gasteiger partial charge >= 0.3 is 5.97 Å². The Bertz CT molecular complexity index is 501. The molecule has 1 aromatic rings. The molecular weight excluding hydrogens is 298 g/mol. The molecule has 0 spiro atoms. The minimum atomic E-state index is -0.774. The fourth-order valence-electron chi connectivity index (χ4n) is 2.56. The minimum Gasteiger partial charge on any atom is -0.496 e. The van der Waals surface area contributed by atoms with E-state index in [1.54, 1.807) is 33.5 Å². The molecular formula is C17H27NO5. The molecule has 1 rings (SSSR count). The lowest BCUT2D eigenvalue weighted by Crippen LogP contribution is -2.40. The van der Waals surface area contributed by atoms with Crippen LogP contribution in [0.25, 0.3) is 0 Å². The first-order valence-corrected chi connectivity index (χ1v) is 7.71. The fourth-order valence-corrected chi connectivity index (χ4v) is 2.56. The third-order valence-corrected chi connectivity index (χ3v) is 4.39. The van der Waals surface area contributed by atoms with E-state index in [0.29, 0.717) is 43.2 Å². The summed E-state index contributed by atoms with van der Waals surface area (Å²) in [5, 5.41) is 12.7. The number of hydrogen-bond acceptors (Lipinski definition) is 5. The smallest absolute Gasteiger partial charge is 0.310 e. The molecule has 1 aromatic carbocycles. The van der Waals surface area contributed by atoms with Gasteiger partial charge in [0.05, 0.1) is 32.3 Å². The molecule has 0 unspecified atom stereocenters. The van der Waals surface area contributed by atoms with Crippen molar-refractivity contribution in [2.45, 2.75) is 33.2 Å². The van der Waals surface area contributed by atoms with Gasteiger partial charge < -0.3 is 24.6 Å². The van der Waals surface area contributed by atoms with Crippen LogP contribution in [-0.2, 0) is 11.3 Å². The van der Waals surface area contributed by atoms with Gasteiger partial charge in [0.2, 0.25) is 0 Å². The Morgan fingerprint density at radius 3 is 1.96 bits per heavy atom. The number of ether oxygens (including phenoxy) is 3. The molecule has 6 heteroatoms. The lowest BCUT2D eigenvalue weighted by Gasteiger charge is -2.27. The van der Waals surface area contributed by atoms with Gasteiger partial charge in [0.15, 0.2) is 0 Å². The van der Waals surface area contributed by atoms with Crippen LogP contribution in [0.15, 0.2) is 12.1 Å². The van der Waals surface area contributed by atoms with Crippen LogP contribution in [0, 0.1) is 5.41 Å². The molecule has 0 radical (unpaired) electrons. The lowest BCUT2D eigenvalue weighted by molar-refractivity contribution is -0.149. The second kappa shape index (κ2) is 8.62. The summed E-state index contributed by atoms with van der Waals surface area (Å²) in [6, 6.07) is 3.56. The van der Waals surface area contributed by atoms with Crippen LogP contribution in [0.4, 0.5) is 0 Å². The summed E-state index contributed by atoms with van der Waals surface area (Å²) in [6.07, 6.45) is 1.14. The van der Waals surface area contributed by atoms with Gasteiger partial charge in [-0.1, -0.05) is 13.8 Å². The number of nitrogens with one attached hydrogen (secondary N) is 1. The van der Waals surface area contributed by atoms with E-state index in [0.717, 1.165) is 5.56 Å². The van der Waals surface area contributed by atoms with Crippen LogP contribution in [0.5, 0.6) is 17.2 Å². The summed E-state index contributed by atoms with van der Waals surface area (Å²) in [6.45, 7) is 4.63. The number of hydrogen-bond donors (Lipinski definition) is 2. The van der Waals surface area contributed by atoms with Gasteiger partial charge in [0.25, 0.3) is 0 Å². The monoisotopic (exact) mass is 325 g/mol. The number of carboxylic acids is 1. The van der Waals surface area contributed by atoms with Crippen LogP contribution in [-0.4, -0.2) is 38.9 Å². The second-order valence-corrected chi connectivity index (χ2v) is 5.41. The Balaban J connectivity index is 2.94. The average Bonchev–Trinajstić information content (AvgIpc) is 2.58. The number of aliphatic carboxylic acids is 1. The van der Waals surface area contributed by atoms with Crippen molar-refractivity contribution < 1.29 is 24.1 Å². The summed E-state index contributed by atoms with van der Waals surface area (Å²) >= 11 is 0. The molecule has 0 aromatic heterocycles. The molecule has 0 heterocycles. The molecule has 0 fully saturated rings. The molecule has 0 bridgehead atoms. The normalized spacial score (nSPS) is 11.2. The fraction of sp³-hybridized carbons (Fsp3) is 0.588. The van der Waals surface area contributed by atoms with Crippen molar-refractivity contribution in [2.24, 2.45) is 5.41 Å². The van der Waals surface area contributed by atoms with Gasteiger partial charge in [-0.2, -0.15) is 0 Å². The predicted octanol–water partition coefficient (Wildman–Crippen LogP) is 2.69.